The summed E-state index contributed by atoms with van der Waals surface area (Å²) in [6.45, 7) is 0. The van der Waals surface area contributed by atoms with Crippen LogP contribution in [0.2, 0.25) is 0 Å². The number of methoxy groups -OCH3 is 1. The van der Waals surface area contributed by atoms with Crippen molar-refractivity contribution in [3.8, 4) is 0 Å². The normalized spacial score (nSPS) is 25.8. The number of carbonyl (C=O) groups excluding carboxylic acids is 1. The van der Waals surface area contributed by atoms with Gasteiger partial charge in [0.25, 0.3) is 0 Å². The number of urea groups is 1. The topological polar surface area (TPSA) is 50.7 Å². The van der Waals surface area contributed by atoms with Crippen molar-refractivity contribution in [3.05, 3.63) is 24.0 Å². The fourth-order valence-corrected chi connectivity index (χ4v) is 1.29. The fourth-order valence-electron chi connectivity index (χ4n) is 1.29. The predicted molar refractivity (Wildman–Crippen MR) is 44.0 cm³/mol. The third-order valence-electron chi connectivity index (χ3n) is 1.84. The number of amides is 2. The first-order valence-corrected chi connectivity index (χ1v) is 3.62. The van der Waals surface area contributed by atoms with Gasteiger partial charge in [-0.3, -0.25) is 0 Å². The van der Waals surface area contributed by atoms with Crippen LogP contribution in [0.1, 0.15) is 0 Å². The first-order valence-electron chi connectivity index (χ1n) is 3.62. The first kappa shape index (κ1) is 7.09. The molecule has 0 bridgehead atoms. The summed E-state index contributed by atoms with van der Waals surface area (Å²) in [5.74, 6) is 0.724. The maximum atomic E-state index is 10.9. The van der Waals surface area contributed by atoms with Crippen molar-refractivity contribution in [1.29, 1.82) is 0 Å². The van der Waals surface area contributed by atoms with E-state index >= 15 is 0 Å². The Kier molecular flexibility index (Phi) is 1.46. The lowest BCUT2D eigenvalue weighted by molar-refractivity contribution is 0.243. The Morgan fingerprint density at radius 1 is 1.67 bits per heavy atom. The molecule has 2 amide bonds. The minimum Gasteiger partial charge on any atom is -0.498 e. The number of rotatable bonds is 1. The highest BCUT2D eigenvalue weighted by Gasteiger charge is 2.29. The van der Waals surface area contributed by atoms with Crippen molar-refractivity contribution in [2.24, 2.45) is 4.99 Å². The summed E-state index contributed by atoms with van der Waals surface area (Å²) >= 11 is 0. The summed E-state index contributed by atoms with van der Waals surface area (Å²) in [7, 11) is 1.58. The Bertz CT molecular complexity index is 315. The Morgan fingerprint density at radius 2 is 2.50 bits per heavy atom. The van der Waals surface area contributed by atoms with E-state index in [1.165, 1.54) is 0 Å². The molecule has 2 rings (SSSR count). The average molecular weight is 164 g/mol. The lowest BCUT2D eigenvalue weighted by Crippen LogP contribution is -2.34. The van der Waals surface area contributed by atoms with E-state index in [1.807, 2.05) is 12.2 Å². The molecule has 1 unspecified atom stereocenters. The summed E-state index contributed by atoms with van der Waals surface area (Å²) < 4.78 is 5.07. The number of hydrogen-bond donors (Lipinski definition) is 1. The van der Waals surface area contributed by atoms with Crippen molar-refractivity contribution in [1.82, 2.24) is 5.32 Å². The Balaban J connectivity index is 2.34. The van der Waals surface area contributed by atoms with Crippen LogP contribution in [0.15, 0.2) is 29.0 Å². The molecule has 1 aliphatic heterocycles. The predicted octanol–water partition coefficient (Wildman–Crippen LogP) is 0.619. The van der Waals surface area contributed by atoms with Crippen molar-refractivity contribution in [3.63, 3.8) is 0 Å². The van der Waals surface area contributed by atoms with E-state index in [1.54, 1.807) is 13.2 Å². The zero-order valence-electron chi connectivity index (χ0n) is 6.57. The van der Waals surface area contributed by atoms with Crippen molar-refractivity contribution < 1.29 is 9.53 Å². The summed E-state index contributed by atoms with van der Waals surface area (Å²) in [6.07, 6.45) is 5.43. The van der Waals surface area contributed by atoms with Gasteiger partial charge >= 0.3 is 6.03 Å². The zero-order chi connectivity index (χ0) is 8.55. The number of allylic oxidation sites excluding steroid dienone is 2. The molecule has 0 aromatic rings. The van der Waals surface area contributed by atoms with E-state index in [0.717, 1.165) is 11.5 Å². The number of hydrogen-bond acceptors (Lipinski definition) is 2. The zero-order valence-corrected chi connectivity index (χ0v) is 6.57. The van der Waals surface area contributed by atoms with E-state index in [9.17, 15) is 4.79 Å². The van der Waals surface area contributed by atoms with Crippen molar-refractivity contribution >= 4 is 11.7 Å². The molecule has 1 heterocycles. The van der Waals surface area contributed by atoms with Gasteiger partial charge in [-0.1, -0.05) is 6.08 Å². The molecule has 62 valence electrons. The minimum atomic E-state index is -0.301. The molecule has 2 aliphatic rings. The molecule has 0 saturated carbocycles. The summed E-state index contributed by atoms with van der Waals surface area (Å²) in [5.41, 5.74) is 0.722. The lowest BCUT2D eigenvalue weighted by atomic mass is 10.1. The highest BCUT2D eigenvalue weighted by atomic mass is 16.5. The minimum absolute atomic E-state index is 0.174. The quantitative estimate of drug-likeness (QED) is 0.617. The van der Waals surface area contributed by atoms with E-state index in [0.29, 0.717) is 0 Å². The van der Waals surface area contributed by atoms with Gasteiger partial charge in [0.05, 0.1) is 12.8 Å². The van der Waals surface area contributed by atoms with Gasteiger partial charge in [0, 0.05) is 0 Å². The van der Waals surface area contributed by atoms with Crippen molar-refractivity contribution in [2.75, 3.05) is 7.11 Å². The van der Waals surface area contributed by atoms with Gasteiger partial charge in [0.1, 0.15) is 11.8 Å². The third kappa shape index (κ3) is 0.922. The van der Waals surface area contributed by atoms with Crippen LogP contribution in [0, 0.1) is 0 Å². The molecular formula is C8H8N2O2. The number of aliphatic imine (C=N–C) groups is 1. The number of carbonyl (C=O) groups is 1. The van der Waals surface area contributed by atoms with Gasteiger partial charge in [-0.15, -0.1) is 0 Å². The molecule has 0 radical (unpaired) electrons. The van der Waals surface area contributed by atoms with Crippen LogP contribution in [0.5, 0.6) is 0 Å². The number of nitrogens with zero attached hydrogens (tertiary/aromatic N) is 1. The van der Waals surface area contributed by atoms with Crippen LogP contribution in [-0.2, 0) is 4.74 Å². The molecule has 1 aliphatic carbocycles. The third-order valence-corrected chi connectivity index (χ3v) is 1.84. The van der Waals surface area contributed by atoms with Crippen LogP contribution in [0.25, 0.3) is 0 Å². The molecule has 0 fully saturated rings. The van der Waals surface area contributed by atoms with Gasteiger partial charge in [-0.2, -0.15) is 4.99 Å². The highest BCUT2D eigenvalue weighted by Crippen LogP contribution is 2.15. The monoisotopic (exact) mass is 164 g/mol. The largest absolute Gasteiger partial charge is 0.498 e. The lowest BCUT2D eigenvalue weighted by Gasteiger charge is -2.16. The first-order chi connectivity index (χ1) is 5.81. The maximum absolute atomic E-state index is 10.9. The molecule has 1 atom stereocenters. The molecule has 0 aromatic heterocycles. The smallest absolute Gasteiger partial charge is 0.342 e. The Labute approximate surface area is 69.6 Å². The molecule has 0 spiro atoms. The van der Waals surface area contributed by atoms with Gasteiger partial charge in [0.15, 0.2) is 0 Å². The van der Waals surface area contributed by atoms with Crippen LogP contribution < -0.4 is 5.32 Å². The highest BCUT2D eigenvalue weighted by molar-refractivity contribution is 6.13. The molecule has 4 nitrogen and oxygen atoms in total. The number of fused-ring (bicyclic) bond motifs is 1. The summed E-state index contributed by atoms with van der Waals surface area (Å²) in [6, 6.07) is -0.475. The molecule has 0 aromatic carbocycles. The second-order valence-corrected chi connectivity index (χ2v) is 2.55. The van der Waals surface area contributed by atoms with Gasteiger partial charge in [-0.25, -0.2) is 4.79 Å². The van der Waals surface area contributed by atoms with E-state index < -0.39 is 0 Å². The molecule has 1 N–H and O–H groups in total. The number of nitrogens with one attached hydrogen (secondary N) is 1. The van der Waals surface area contributed by atoms with Gasteiger partial charge in [-0.05, 0) is 12.2 Å². The molecular weight excluding hydrogens is 156 g/mol. The van der Waals surface area contributed by atoms with Crippen LogP contribution >= 0.6 is 0 Å². The van der Waals surface area contributed by atoms with E-state index in [-0.39, 0.29) is 12.1 Å². The SMILES string of the molecule is COC1=CC=CC2=NC(=O)NC12. The summed E-state index contributed by atoms with van der Waals surface area (Å²) in [4.78, 5) is 14.6. The van der Waals surface area contributed by atoms with E-state index in [2.05, 4.69) is 10.3 Å². The van der Waals surface area contributed by atoms with Crippen LogP contribution in [-0.4, -0.2) is 24.9 Å². The van der Waals surface area contributed by atoms with Gasteiger partial charge in [0.2, 0.25) is 0 Å². The standard InChI is InChI=1S/C8H8N2O2/c1-12-6-4-2-3-5-7(6)10-8(11)9-5/h2-4,7H,1H3,(H,10,11). The second kappa shape index (κ2) is 2.48. The summed E-state index contributed by atoms with van der Waals surface area (Å²) in [5, 5.41) is 2.67. The Hall–Kier alpha value is -1.58. The second-order valence-electron chi connectivity index (χ2n) is 2.55. The van der Waals surface area contributed by atoms with E-state index in [4.69, 9.17) is 4.74 Å². The van der Waals surface area contributed by atoms with Crippen LogP contribution in [0.3, 0.4) is 0 Å². The Morgan fingerprint density at radius 3 is 3.25 bits per heavy atom. The number of ether oxygens (including phenoxy) is 1. The van der Waals surface area contributed by atoms with Gasteiger partial charge < -0.3 is 10.1 Å². The maximum Gasteiger partial charge on any atom is 0.342 e. The molecule has 4 heteroatoms. The fraction of sp³-hybridized carbons (Fsp3) is 0.250. The average Bonchev–Trinajstić information content (AvgIpc) is 2.44. The molecule has 12 heavy (non-hydrogen) atoms. The van der Waals surface area contributed by atoms with Crippen molar-refractivity contribution in [2.45, 2.75) is 6.04 Å². The van der Waals surface area contributed by atoms with Crippen LogP contribution in [0.4, 0.5) is 4.79 Å². The molecule has 0 saturated heterocycles.